The van der Waals surface area contributed by atoms with Gasteiger partial charge in [0.25, 0.3) is 0 Å². The maximum atomic E-state index is 5.93. The van der Waals surface area contributed by atoms with Crippen LogP contribution in [0.2, 0.25) is 0 Å². The van der Waals surface area contributed by atoms with Crippen molar-refractivity contribution in [1.82, 2.24) is 4.90 Å². The number of nitrogens with zero attached hydrogens (tertiary/aromatic N) is 1. The highest BCUT2D eigenvalue weighted by Gasteiger charge is 2.15. The summed E-state index contributed by atoms with van der Waals surface area (Å²) in [4.78, 5) is 3.94. The van der Waals surface area contributed by atoms with E-state index in [-0.39, 0.29) is 0 Å². The number of ether oxygens (including phenoxy) is 1. The molecule has 0 atom stereocenters. The Kier molecular flexibility index (Phi) is 7.47. The zero-order chi connectivity index (χ0) is 15.8. The first-order valence-electron chi connectivity index (χ1n) is 8.83. The summed E-state index contributed by atoms with van der Waals surface area (Å²) in [5.74, 6) is 0.904. The van der Waals surface area contributed by atoms with Crippen molar-refractivity contribution in [2.45, 2.75) is 52.9 Å². The fourth-order valence-corrected chi connectivity index (χ4v) is 3.73. The molecule has 2 nitrogen and oxygen atoms in total. The number of hydrogen-bond acceptors (Lipinski definition) is 3. The Balaban J connectivity index is 1.69. The lowest BCUT2D eigenvalue weighted by molar-refractivity contribution is 0.162. The highest BCUT2D eigenvalue weighted by Crippen LogP contribution is 2.26. The van der Waals surface area contributed by atoms with E-state index < -0.39 is 0 Å². The van der Waals surface area contributed by atoms with E-state index in [1.807, 2.05) is 0 Å². The SMILES string of the molecule is CCC(=CCc1ccc(OCCN2CCC(C)CC2)s1)CC. The molecule has 0 unspecified atom stereocenters. The van der Waals surface area contributed by atoms with Gasteiger partial charge in [-0.25, -0.2) is 0 Å². The molecule has 0 aliphatic carbocycles. The Morgan fingerprint density at radius 1 is 1.27 bits per heavy atom. The molecule has 0 radical (unpaired) electrons. The summed E-state index contributed by atoms with van der Waals surface area (Å²) in [5, 5.41) is 1.07. The van der Waals surface area contributed by atoms with Crippen LogP contribution in [0.15, 0.2) is 23.8 Å². The van der Waals surface area contributed by atoms with E-state index in [1.165, 1.54) is 43.6 Å². The summed E-state index contributed by atoms with van der Waals surface area (Å²) >= 11 is 1.80. The third kappa shape index (κ3) is 5.77. The van der Waals surface area contributed by atoms with Gasteiger partial charge in [0.1, 0.15) is 6.61 Å². The topological polar surface area (TPSA) is 12.5 Å². The molecule has 2 rings (SSSR count). The molecule has 0 saturated carbocycles. The van der Waals surface area contributed by atoms with Crippen molar-refractivity contribution in [3.8, 4) is 5.06 Å². The molecule has 1 fully saturated rings. The Bertz CT molecular complexity index is 452. The van der Waals surface area contributed by atoms with E-state index in [4.69, 9.17) is 4.74 Å². The summed E-state index contributed by atoms with van der Waals surface area (Å²) in [6.07, 6.45) is 8.44. The number of piperidine rings is 1. The average molecular weight is 322 g/mol. The van der Waals surface area contributed by atoms with E-state index in [0.717, 1.165) is 30.6 Å². The minimum absolute atomic E-state index is 0.819. The van der Waals surface area contributed by atoms with Crippen molar-refractivity contribution in [2.75, 3.05) is 26.2 Å². The van der Waals surface area contributed by atoms with Crippen LogP contribution in [0.1, 0.15) is 51.3 Å². The zero-order valence-corrected chi connectivity index (χ0v) is 15.3. The van der Waals surface area contributed by atoms with Crippen molar-refractivity contribution >= 4 is 11.3 Å². The molecule has 22 heavy (non-hydrogen) atoms. The minimum Gasteiger partial charge on any atom is -0.483 e. The Morgan fingerprint density at radius 2 is 2.00 bits per heavy atom. The van der Waals surface area contributed by atoms with Gasteiger partial charge in [0.05, 0.1) is 0 Å². The smallest absolute Gasteiger partial charge is 0.174 e. The summed E-state index contributed by atoms with van der Waals surface area (Å²) < 4.78 is 5.93. The normalized spacial score (nSPS) is 16.7. The van der Waals surface area contributed by atoms with Gasteiger partial charge in [-0.15, -0.1) is 11.3 Å². The Hall–Kier alpha value is -0.800. The molecular formula is C19H31NOS. The molecule has 0 spiro atoms. The van der Waals surface area contributed by atoms with Crippen LogP contribution in [0.25, 0.3) is 0 Å². The molecule has 1 aromatic rings. The first kappa shape index (κ1) is 17.6. The summed E-state index contributed by atoms with van der Waals surface area (Å²) in [5.41, 5.74) is 1.55. The molecule has 1 aliphatic heterocycles. The zero-order valence-electron chi connectivity index (χ0n) is 14.4. The second-order valence-electron chi connectivity index (χ2n) is 6.37. The average Bonchev–Trinajstić information content (AvgIpc) is 2.98. The second kappa shape index (κ2) is 9.36. The molecule has 1 aliphatic rings. The second-order valence-corrected chi connectivity index (χ2v) is 7.50. The van der Waals surface area contributed by atoms with Crippen LogP contribution in [-0.4, -0.2) is 31.1 Å². The van der Waals surface area contributed by atoms with Gasteiger partial charge >= 0.3 is 0 Å². The standard InChI is InChI=1S/C19H31NOS/c1-4-17(5-2)6-7-18-8-9-19(22-18)21-15-14-20-12-10-16(3)11-13-20/h6,8-9,16H,4-5,7,10-15H2,1-3H3. The van der Waals surface area contributed by atoms with Crippen molar-refractivity contribution < 1.29 is 4.74 Å². The Morgan fingerprint density at radius 3 is 2.68 bits per heavy atom. The van der Waals surface area contributed by atoms with Crippen LogP contribution in [0, 0.1) is 5.92 Å². The minimum atomic E-state index is 0.819. The van der Waals surface area contributed by atoms with Gasteiger partial charge in [0, 0.05) is 17.8 Å². The molecule has 0 bridgehead atoms. The molecular weight excluding hydrogens is 290 g/mol. The van der Waals surface area contributed by atoms with Gasteiger partial charge in [-0.1, -0.05) is 32.4 Å². The van der Waals surface area contributed by atoms with Gasteiger partial charge in [-0.3, -0.25) is 4.90 Å². The fraction of sp³-hybridized carbons (Fsp3) is 0.684. The van der Waals surface area contributed by atoms with E-state index in [1.54, 1.807) is 16.9 Å². The third-order valence-electron chi connectivity index (χ3n) is 4.67. The van der Waals surface area contributed by atoms with Crippen molar-refractivity contribution in [2.24, 2.45) is 5.92 Å². The largest absolute Gasteiger partial charge is 0.483 e. The quantitative estimate of drug-likeness (QED) is 0.614. The van der Waals surface area contributed by atoms with Crippen LogP contribution in [0.4, 0.5) is 0 Å². The lowest BCUT2D eigenvalue weighted by Crippen LogP contribution is -2.35. The lowest BCUT2D eigenvalue weighted by Gasteiger charge is -2.29. The Labute approximate surface area is 140 Å². The predicted molar refractivity (Wildman–Crippen MR) is 97.0 cm³/mol. The van der Waals surface area contributed by atoms with Crippen molar-refractivity contribution in [3.05, 3.63) is 28.7 Å². The molecule has 0 amide bonds. The molecule has 3 heteroatoms. The van der Waals surface area contributed by atoms with E-state index in [9.17, 15) is 0 Å². The summed E-state index contributed by atoms with van der Waals surface area (Å²) in [6, 6.07) is 4.34. The van der Waals surface area contributed by atoms with Gasteiger partial charge < -0.3 is 4.74 Å². The summed E-state index contributed by atoms with van der Waals surface area (Å²) in [6.45, 7) is 11.2. The third-order valence-corrected chi connectivity index (χ3v) is 5.69. The number of rotatable bonds is 8. The van der Waals surface area contributed by atoms with E-state index in [0.29, 0.717) is 0 Å². The highest BCUT2D eigenvalue weighted by molar-refractivity contribution is 7.13. The van der Waals surface area contributed by atoms with Crippen LogP contribution < -0.4 is 4.74 Å². The van der Waals surface area contributed by atoms with Gasteiger partial charge in [-0.05, 0) is 56.8 Å². The molecule has 0 aromatic carbocycles. The molecule has 2 heterocycles. The van der Waals surface area contributed by atoms with Crippen LogP contribution in [0.3, 0.4) is 0 Å². The van der Waals surface area contributed by atoms with E-state index in [2.05, 4.69) is 43.9 Å². The maximum absolute atomic E-state index is 5.93. The van der Waals surface area contributed by atoms with Crippen LogP contribution >= 0.6 is 11.3 Å². The van der Waals surface area contributed by atoms with Crippen LogP contribution in [-0.2, 0) is 6.42 Å². The van der Waals surface area contributed by atoms with Crippen LogP contribution in [0.5, 0.6) is 5.06 Å². The van der Waals surface area contributed by atoms with Gasteiger partial charge in [-0.2, -0.15) is 0 Å². The lowest BCUT2D eigenvalue weighted by atomic mass is 9.99. The first-order valence-corrected chi connectivity index (χ1v) is 9.64. The van der Waals surface area contributed by atoms with Crippen molar-refractivity contribution in [3.63, 3.8) is 0 Å². The number of allylic oxidation sites excluding steroid dienone is 2. The summed E-state index contributed by atoms with van der Waals surface area (Å²) in [7, 11) is 0. The first-order chi connectivity index (χ1) is 10.7. The monoisotopic (exact) mass is 321 g/mol. The maximum Gasteiger partial charge on any atom is 0.174 e. The predicted octanol–water partition coefficient (Wildman–Crippen LogP) is 5.15. The van der Waals surface area contributed by atoms with E-state index >= 15 is 0 Å². The molecule has 1 saturated heterocycles. The van der Waals surface area contributed by atoms with Gasteiger partial charge in [0.15, 0.2) is 5.06 Å². The van der Waals surface area contributed by atoms with Crippen molar-refractivity contribution in [1.29, 1.82) is 0 Å². The number of thiophene rings is 1. The highest BCUT2D eigenvalue weighted by atomic mass is 32.1. The fourth-order valence-electron chi connectivity index (χ4n) is 2.89. The number of hydrogen-bond donors (Lipinski definition) is 0. The molecule has 1 aromatic heterocycles. The molecule has 0 N–H and O–H groups in total. The van der Waals surface area contributed by atoms with Gasteiger partial charge in [0.2, 0.25) is 0 Å². The number of likely N-dealkylation sites (tertiary alicyclic amines) is 1. The molecule has 124 valence electrons.